The lowest BCUT2D eigenvalue weighted by atomic mass is 10.0. The molecule has 0 spiro atoms. The quantitative estimate of drug-likeness (QED) is 0.540. The number of fused-ring (bicyclic) bond motifs is 1. The van der Waals surface area contributed by atoms with E-state index in [1.165, 1.54) is 5.56 Å². The molecule has 0 saturated carbocycles. The molecule has 146 valence electrons. The number of aryl methyl sites for hydroxylation is 4. The molecule has 1 amide bonds. The van der Waals surface area contributed by atoms with Gasteiger partial charge in [-0.05, 0) is 68.1 Å². The SMILES string of the molecule is Cc1cc(C)cc(NC(=O)Cn2nc(C)c3c(-c4cccc(C)c4)ccnc32)c1. The minimum atomic E-state index is -0.123. The van der Waals surface area contributed by atoms with Crippen LogP contribution in [0.25, 0.3) is 22.2 Å². The van der Waals surface area contributed by atoms with Gasteiger partial charge in [0.2, 0.25) is 5.91 Å². The summed E-state index contributed by atoms with van der Waals surface area (Å²) in [6, 6.07) is 16.4. The van der Waals surface area contributed by atoms with Crippen molar-refractivity contribution in [1.82, 2.24) is 14.8 Å². The summed E-state index contributed by atoms with van der Waals surface area (Å²) in [5.41, 5.74) is 8.02. The topological polar surface area (TPSA) is 59.8 Å². The van der Waals surface area contributed by atoms with Gasteiger partial charge in [0.1, 0.15) is 6.54 Å². The normalized spacial score (nSPS) is 11.0. The summed E-state index contributed by atoms with van der Waals surface area (Å²) in [5, 5.41) is 8.56. The third-order valence-electron chi connectivity index (χ3n) is 4.94. The van der Waals surface area contributed by atoms with E-state index in [4.69, 9.17) is 0 Å². The van der Waals surface area contributed by atoms with Gasteiger partial charge in [-0.15, -0.1) is 0 Å². The van der Waals surface area contributed by atoms with Crippen LogP contribution in [0.1, 0.15) is 22.4 Å². The van der Waals surface area contributed by atoms with Crippen LogP contribution in [0.2, 0.25) is 0 Å². The van der Waals surface area contributed by atoms with Crippen LogP contribution in [0, 0.1) is 27.7 Å². The molecule has 0 fully saturated rings. The van der Waals surface area contributed by atoms with Crippen molar-refractivity contribution in [3.8, 4) is 11.1 Å². The van der Waals surface area contributed by atoms with Gasteiger partial charge in [0.05, 0.1) is 5.69 Å². The van der Waals surface area contributed by atoms with Crippen molar-refractivity contribution in [2.24, 2.45) is 0 Å². The molecule has 1 N–H and O–H groups in total. The number of amides is 1. The van der Waals surface area contributed by atoms with Crippen molar-refractivity contribution in [3.63, 3.8) is 0 Å². The maximum atomic E-state index is 12.7. The molecule has 0 bridgehead atoms. The fourth-order valence-electron chi connectivity index (χ4n) is 3.83. The number of rotatable bonds is 4. The number of anilines is 1. The van der Waals surface area contributed by atoms with E-state index in [2.05, 4.69) is 46.6 Å². The molecule has 0 aliphatic heterocycles. The summed E-state index contributed by atoms with van der Waals surface area (Å²) >= 11 is 0. The van der Waals surface area contributed by atoms with Crippen LogP contribution in [0.15, 0.2) is 54.7 Å². The minimum Gasteiger partial charge on any atom is -0.324 e. The van der Waals surface area contributed by atoms with Crippen LogP contribution in [-0.2, 0) is 11.3 Å². The number of hydrogen-bond acceptors (Lipinski definition) is 3. The van der Waals surface area contributed by atoms with Crippen molar-refractivity contribution < 1.29 is 4.79 Å². The van der Waals surface area contributed by atoms with Crippen molar-refractivity contribution in [2.45, 2.75) is 34.2 Å². The summed E-state index contributed by atoms with van der Waals surface area (Å²) in [6.07, 6.45) is 1.78. The first kappa shape index (κ1) is 18.9. The molecule has 0 aliphatic rings. The molecule has 4 aromatic rings. The van der Waals surface area contributed by atoms with Gasteiger partial charge in [0, 0.05) is 17.3 Å². The lowest BCUT2D eigenvalue weighted by Gasteiger charge is -2.08. The zero-order valence-corrected chi connectivity index (χ0v) is 17.2. The summed E-state index contributed by atoms with van der Waals surface area (Å²) in [5.74, 6) is -0.123. The van der Waals surface area contributed by atoms with Gasteiger partial charge < -0.3 is 5.32 Å². The van der Waals surface area contributed by atoms with Crippen molar-refractivity contribution >= 4 is 22.6 Å². The first-order valence-corrected chi connectivity index (χ1v) is 9.68. The molecular formula is C24H24N4O. The van der Waals surface area contributed by atoms with Crippen LogP contribution < -0.4 is 5.32 Å². The largest absolute Gasteiger partial charge is 0.324 e. The number of nitrogens with one attached hydrogen (secondary N) is 1. The maximum absolute atomic E-state index is 12.7. The Balaban J connectivity index is 1.67. The predicted molar refractivity (Wildman–Crippen MR) is 117 cm³/mol. The van der Waals surface area contributed by atoms with Gasteiger partial charge in [-0.2, -0.15) is 5.10 Å². The first-order valence-electron chi connectivity index (χ1n) is 9.68. The summed E-state index contributed by atoms with van der Waals surface area (Å²) in [7, 11) is 0. The van der Waals surface area contributed by atoms with Gasteiger partial charge >= 0.3 is 0 Å². The Kier molecular flexibility index (Phi) is 4.89. The number of carbonyl (C=O) groups excluding carboxylic acids is 1. The lowest BCUT2D eigenvalue weighted by molar-refractivity contribution is -0.116. The van der Waals surface area contributed by atoms with Gasteiger partial charge in [-0.3, -0.25) is 4.79 Å². The van der Waals surface area contributed by atoms with E-state index in [0.29, 0.717) is 0 Å². The monoisotopic (exact) mass is 384 g/mol. The highest BCUT2D eigenvalue weighted by Gasteiger charge is 2.16. The Morgan fingerprint density at radius 3 is 2.45 bits per heavy atom. The maximum Gasteiger partial charge on any atom is 0.246 e. The molecule has 29 heavy (non-hydrogen) atoms. The van der Waals surface area contributed by atoms with E-state index >= 15 is 0 Å². The number of hydrogen-bond donors (Lipinski definition) is 1. The Bertz CT molecular complexity index is 1200. The number of aromatic nitrogens is 3. The molecule has 2 heterocycles. The molecule has 5 heteroatoms. The zero-order valence-electron chi connectivity index (χ0n) is 17.2. The molecule has 0 atom stereocenters. The number of carbonyl (C=O) groups is 1. The van der Waals surface area contributed by atoms with Crippen molar-refractivity contribution in [3.05, 3.63) is 77.1 Å². The Labute approximate surface area is 170 Å². The Morgan fingerprint density at radius 2 is 1.72 bits per heavy atom. The van der Waals surface area contributed by atoms with E-state index in [1.54, 1.807) is 10.9 Å². The van der Waals surface area contributed by atoms with Crippen molar-refractivity contribution in [2.75, 3.05) is 5.32 Å². The highest BCUT2D eigenvalue weighted by atomic mass is 16.2. The average Bonchev–Trinajstić information content (AvgIpc) is 2.96. The van der Waals surface area contributed by atoms with E-state index in [1.807, 2.05) is 45.0 Å². The Hall–Kier alpha value is -3.47. The van der Waals surface area contributed by atoms with E-state index in [9.17, 15) is 4.79 Å². The molecular weight excluding hydrogens is 360 g/mol. The van der Waals surface area contributed by atoms with Gasteiger partial charge in [0.15, 0.2) is 5.65 Å². The van der Waals surface area contributed by atoms with E-state index in [0.717, 1.165) is 44.7 Å². The summed E-state index contributed by atoms with van der Waals surface area (Å²) < 4.78 is 1.68. The second-order valence-corrected chi connectivity index (χ2v) is 7.59. The van der Waals surface area contributed by atoms with Crippen LogP contribution in [-0.4, -0.2) is 20.7 Å². The fourth-order valence-corrected chi connectivity index (χ4v) is 3.83. The minimum absolute atomic E-state index is 0.113. The molecule has 2 aromatic carbocycles. The first-order chi connectivity index (χ1) is 13.9. The Morgan fingerprint density at radius 1 is 0.966 bits per heavy atom. The highest BCUT2D eigenvalue weighted by molar-refractivity contribution is 5.96. The lowest BCUT2D eigenvalue weighted by Crippen LogP contribution is -2.20. The second-order valence-electron chi connectivity index (χ2n) is 7.59. The number of benzene rings is 2. The third kappa shape index (κ3) is 3.90. The molecule has 0 aliphatic carbocycles. The number of pyridine rings is 1. The van der Waals surface area contributed by atoms with E-state index in [-0.39, 0.29) is 12.5 Å². The molecule has 0 saturated heterocycles. The molecule has 2 aromatic heterocycles. The molecule has 0 unspecified atom stereocenters. The van der Waals surface area contributed by atoms with Gasteiger partial charge in [-0.1, -0.05) is 35.9 Å². The second kappa shape index (κ2) is 7.51. The van der Waals surface area contributed by atoms with Crippen LogP contribution in [0.5, 0.6) is 0 Å². The molecule has 0 radical (unpaired) electrons. The van der Waals surface area contributed by atoms with Crippen LogP contribution >= 0.6 is 0 Å². The number of nitrogens with zero attached hydrogens (tertiary/aromatic N) is 3. The summed E-state index contributed by atoms with van der Waals surface area (Å²) in [6.45, 7) is 8.19. The smallest absolute Gasteiger partial charge is 0.246 e. The standard InChI is InChI=1S/C24H24N4O/c1-15-6-5-7-19(11-15)21-8-9-25-24-23(21)18(4)27-28(24)14-22(29)26-20-12-16(2)10-17(3)13-20/h5-13H,14H2,1-4H3,(H,26,29). The fraction of sp³-hybridized carbons (Fsp3) is 0.208. The van der Waals surface area contributed by atoms with E-state index < -0.39 is 0 Å². The molecule has 5 nitrogen and oxygen atoms in total. The zero-order chi connectivity index (χ0) is 20.5. The average molecular weight is 384 g/mol. The van der Waals surface area contributed by atoms with Crippen LogP contribution in [0.3, 0.4) is 0 Å². The molecule has 4 rings (SSSR count). The summed E-state index contributed by atoms with van der Waals surface area (Å²) in [4.78, 5) is 17.2. The predicted octanol–water partition coefficient (Wildman–Crippen LogP) is 4.97. The highest BCUT2D eigenvalue weighted by Crippen LogP contribution is 2.30. The van der Waals surface area contributed by atoms with Crippen LogP contribution in [0.4, 0.5) is 5.69 Å². The van der Waals surface area contributed by atoms with Gasteiger partial charge in [-0.25, -0.2) is 9.67 Å². The van der Waals surface area contributed by atoms with Crippen molar-refractivity contribution in [1.29, 1.82) is 0 Å². The third-order valence-corrected chi connectivity index (χ3v) is 4.94. The van der Waals surface area contributed by atoms with Gasteiger partial charge in [0.25, 0.3) is 0 Å².